The van der Waals surface area contributed by atoms with Crippen LogP contribution in [0.25, 0.3) is 23.0 Å². The average molecular weight is 608 g/mol. The molecule has 3 unspecified atom stereocenters. The van der Waals surface area contributed by atoms with Crippen LogP contribution >= 0.6 is 0 Å². The number of carbonyl (C=O) groups is 1. The van der Waals surface area contributed by atoms with E-state index in [-0.39, 0.29) is 33.8 Å². The van der Waals surface area contributed by atoms with Crippen LogP contribution in [0, 0.1) is 23.2 Å². The van der Waals surface area contributed by atoms with Crippen LogP contribution < -0.4 is 5.32 Å². The van der Waals surface area contributed by atoms with Gasteiger partial charge in [-0.15, -0.1) is 0 Å². The van der Waals surface area contributed by atoms with Gasteiger partial charge in [-0.2, -0.15) is 14.7 Å². The SMILES string of the molecule is CC1CC(C)CN(S(=O)(=O)c2cccc(-c3nn(-c4ccccc4)cc3/C=C(/C#N)C(=O)NC3CCS(=O)(=O)C3)c2)C1. The molecule has 0 bridgehead atoms. The van der Waals surface area contributed by atoms with Crippen molar-refractivity contribution in [2.24, 2.45) is 11.8 Å². The third-order valence-electron chi connectivity index (χ3n) is 7.58. The van der Waals surface area contributed by atoms with E-state index in [0.717, 1.165) is 12.1 Å². The summed E-state index contributed by atoms with van der Waals surface area (Å²) in [5, 5.41) is 17.2. The molecule has 0 aliphatic carbocycles. The van der Waals surface area contributed by atoms with Crippen molar-refractivity contribution in [1.82, 2.24) is 19.4 Å². The lowest BCUT2D eigenvalue weighted by atomic mass is 9.94. The molecule has 2 aliphatic heterocycles. The Morgan fingerprint density at radius 1 is 1.10 bits per heavy atom. The lowest BCUT2D eigenvalue weighted by Gasteiger charge is -2.34. The number of benzene rings is 2. The summed E-state index contributed by atoms with van der Waals surface area (Å²) in [4.78, 5) is 13.1. The van der Waals surface area contributed by atoms with Crippen LogP contribution in [0.3, 0.4) is 0 Å². The molecule has 0 radical (unpaired) electrons. The highest BCUT2D eigenvalue weighted by Gasteiger charge is 2.32. The first-order valence-corrected chi connectivity index (χ1v) is 17.1. The molecule has 5 rings (SSSR count). The van der Waals surface area contributed by atoms with Gasteiger partial charge >= 0.3 is 0 Å². The van der Waals surface area contributed by atoms with E-state index >= 15 is 0 Å². The fraction of sp³-hybridized carbons (Fsp3) is 0.367. The first-order chi connectivity index (χ1) is 19.9. The van der Waals surface area contributed by atoms with Gasteiger partial charge in [0.2, 0.25) is 10.0 Å². The van der Waals surface area contributed by atoms with Gasteiger partial charge in [0.1, 0.15) is 17.3 Å². The second kappa shape index (κ2) is 11.8. The standard InChI is InChI=1S/C30H33N5O5S2/c1-21-13-22(2)18-34(17-21)42(39,40)28-10-6-7-23(15-28)29-25(19-35(33-29)27-8-4-3-5-9-27)14-24(16-31)30(36)32-26-11-12-41(37,38)20-26/h3-10,14-15,19,21-22,26H,11-13,17-18,20H2,1-2H3,(H,32,36)/b24-14-. The van der Waals surface area contributed by atoms with Crippen molar-refractivity contribution >= 4 is 31.8 Å². The first-order valence-electron chi connectivity index (χ1n) is 13.8. The second-order valence-electron chi connectivity index (χ2n) is 11.3. The number of carbonyl (C=O) groups excluding carboxylic acids is 1. The number of nitriles is 1. The van der Waals surface area contributed by atoms with E-state index in [9.17, 15) is 26.9 Å². The first kappa shape index (κ1) is 29.7. The van der Waals surface area contributed by atoms with Crippen LogP contribution in [0.4, 0.5) is 0 Å². The van der Waals surface area contributed by atoms with E-state index < -0.39 is 31.8 Å². The number of sulfonamides is 1. The molecule has 10 nitrogen and oxygen atoms in total. The largest absolute Gasteiger partial charge is 0.348 e. The Morgan fingerprint density at radius 3 is 2.45 bits per heavy atom. The summed E-state index contributed by atoms with van der Waals surface area (Å²) < 4.78 is 54.1. The molecule has 2 saturated heterocycles. The quantitative estimate of drug-likeness (QED) is 0.320. The van der Waals surface area contributed by atoms with Gasteiger partial charge in [-0.05, 0) is 55.0 Å². The fourth-order valence-electron chi connectivity index (χ4n) is 5.66. The minimum atomic E-state index is -3.76. The molecule has 12 heteroatoms. The molecule has 220 valence electrons. The van der Waals surface area contributed by atoms with Crippen LogP contribution in [0.15, 0.2) is 71.3 Å². The molecular formula is C30H33N5O5S2. The Hall–Kier alpha value is -3.79. The molecular weight excluding hydrogens is 574 g/mol. The van der Waals surface area contributed by atoms with E-state index in [4.69, 9.17) is 5.10 Å². The number of sulfone groups is 1. The van der Waals surface area contributed by atoms with E-state index in [0.29, 0.717) is 36.3 Å². The molecule has 2 aromatic carbocycles. The summed E-state index contributed by atoms with van der Waals surface area (Å²) in [6.45, 7) is 5.02. The van der Waals surface area contributed by atoms with Crippen molar-refractivity contribution in [2.45, 2.75) is 37.6 Å². The number of rotatable bonds is 7. The maximum atomic E-state index is 13.6. The van der Waals surface area contributed by atoms with Crippen molar-refractivity contribution in [3.8, 4) is 23.0 Å². The zero-order valence-electron chi connectivity index (χ0n) is 23.5. The van der Waals surface area contributed by atoms with Crippen molar-refractivity contribution in [1.29, 1.82) is 5.26 Å². The Morgan fingerprint density at radius 2 is 1.81 bits per heavy atom. The highest BCUT2D eigenvalue weighted by molar-refractivity contribution is 7.91. The lowest BCUT2D eigenvalue weighted by Crippen LogP contribution is -2.42. The normalized spacial score (nSPS) is 22.9. The summed E-state index contributed by atoms with van der Waals surface area (Å²) in [6.07, 6.45) is 4.34. The van der Waals surface area contributed by atoms with Crippen LogP contribution in [0.1, 0.15) is 32.3 Å². The van der Waals surface area contributed by atoms with Crippen LogP contribution in [-0.2, 0) is 24.7 Å². The van der Waals surface area contributed by atoms with Gasteiger partial charge in [-0.1, -0.05) is 44.2 Å². The molecule has 1 N–H and O–H groups in total. The number of piperidine rings is 1. The summed E-state index contributed by atoms with van der Waals surface area (Å²) in [7, 11) is -6.98. The topological polar surface area (TPSA) is 142 Å². The number of amides is 1. The maximum Gasteiger partial charge on any atom is 0.262 e. The molecule has 3 aromatic rings. The Labute approximate surface area is 246 Å². The Bertz CT molecular complexity index is 1770. The highest BCUT2D eigenvalue weighted by Crippen LogP contribution is 2.31. The molecule has 0 saturated carbocycles. The predicted octanol–water partition coefficient (Wildman–Crippen LogP) is 3.42. The zero-order chi connectivity index (χ0) is 30.1. The molecule has 2 aliphatic rings. The van der Waals surface area contributed by atoms with Gasteiger partial charge in [0.25, 0.3) is 5.91 Å². The second-order valence-corrected chi connectivity index (χ2v) is 15.4. The highest BCUT2D eigenvalue weighted by atomic mass is 32.2. The van der Waals surface area contributed by atoms with Crippen LogP contribution in [0.5, 0.6) is 0 Å². The summed E-state index contributed by atoms with van der Waals surface area (Å²) in [5.74, 6) is -0.339. The summed E-state index contributed by atoms with van der Waals surface area (Å²) in [6, 6.07) is 17.2. The van der Waals surface area contributed by atoms with Gasteiger partial charge in [-0.25, -0.2) is 21.5 Å². The summed E-state index contributed by atoms with van der Waals surface area (Å²) >= 11 is 0. The van der Waals surface area contributed by atoms with Gasteiger partial charge in [0, 0.05) is 36.5 Å². The monoisotopic (exact) mass is 607 g/mol. The van der Waals surface area contributed by atoms with Gasteiger partial charge in [0.05, 0.1) is 22.1 Å². The van der Waals surface area contributed by atoms with Crippen molar-refractivity contribution in [3.05, 3.63) is 71.9 Å². The zero-order valence-corrected chi connectivity index (χ0v) is 25.1. The molecule has 1 aromatic heterocycles. The fourth-order valence-corrected chi connectivity index (χ4v) is 9.06. The number of hydrogen-bond acceptors (Lipinski definition) is 7. The van der Waals surface area contributed by atoms with Gasteiger partial charge in [0.15, 0.2) is 9.84 Å². The molecule has 3 heterocycles. The van der Waals surface area contributed by atoms with E-state index in [1.807, 2.05) is 36.4 Å². The Balaban J connectivity index is 1.53. The molecule has 42 heavy (non-hydrogen) atoms. The Kier molecular flexibility index (Phi) is 8.37. The number of hydrogen-bond donors (Lipinski definition) is 1. The van der Waals surface area contributed by atoms with Gasteiger partial charge < -0.3 is 5.32 Å². The molecule has 0 spiro atoms. The van der Waals surface area contributed by atoms with Crippen molar-refractivity contribution in [3.63, 3.8) is 0 Å². The number of aromatic nitrogens is 2. The number of nitrogens with zero attached hydrogens (tertiary/aromatic N) is 4. The predicted molar refractivity (Wildman–Crippen MR) is 159 cm³/mol. The minimum Gasteiger partial charge on any atom is -0.348 e. The van der Waals surface area contributed by atoms with Crippen LogP contribution in [-0.4, -0.2) is 67.5 Å². The van der Waals surface area contributed by atoms with Gasteiger partial charge in [-0.3, -0.25) is 4.79 Å². The third kappa shape index (κ3) is 6.48. The van der Waals surface area contributed by atoms with Crippen molar-refractivity contribution in [2.75, 3.05) is 24.6 Å². The maximum absolute atomic E-state index is 13.6. The lowest BCUT2D eigenvalue weighted by molar-refractivity contribution is -0.117. The van der Waals surface area contributed by atoms with Crippen molar-refractivity contribution < 1.29 is 21.6 Å². The van der Waals surface area contributed by atoms with Crippen LogP contribution in [0.2, 0.25) is 0 Å². The van der Waals surface area contributed by atoms with E-state index in [1.165, 1.54) is 10.4 Å². The smallest absolute Gasteiger partial charge is 0.262 e. The third-order valence-corrected chi connectivity index (χ3v) is 11.2. The summed E-state index contributed by atoms with van der Waals surface area (Å²) in [5.41, 5.74) is 1.85. The molecule has 2 fully saturated rings. The van der Waals surface area contributed by atoms with E-state index in [1.54, 1.807) is 35.1 Å². The average Bonchev–Trinajstić information content (AvgIpc) is 3.53. The molecule has 1 amide bonds. The number of nitrogens with one attached hydrogen (secondary N) is 1. The number of para-hydroxylation sites is 1. The molecule has 3 atom stereocenters. The van der Waals surface area contributed by atoms with E-state index in [2.05, 4.69) is 19.2 Å². The minimum absolute atomic E-state index is 0.00789.